The van der Waals surface area contributed by atoms with Gasteiger partial charge < -0.3 is 18.4 Å². The van der Waals surface area contributed by atoms with Crippen LogP contribution in [0.3, 0.4) is 0 Å². The van der Waals surface area contributed by atoms with Gasteiger partial charge in [-0.15, -0.1) is 0 Å². The maximum absolute atomic E-state index is 12.5. The molecular formula is C18H18BrNO6S. The number of aromatic nitrogens is 1. The number of halogens is 1. The molecule has 0 saturated heterocycles. The van der Waals surface area contributed by atoms with Crippen molar-refractivity contribution in [2.75, 3.05) is 19.5 Å². The Labute approximate surface area is 166 Å². The predicted molar refractivity (Wildman–Crippen MR) is 106 cm³/mol. The van der Waals surface area contributed by atoms with Gasteiger partial charge in [-0.3, -0.25) is 4.57 Å². The molecule has 3 aromatic rings. The summed E-state index contributed by atoms with van der Waals surface area (Å²) in [6.07, 6.45) is 0. The maximum atomic E-state index is 12.5. The molecule has 1 heterocycles. The van der Waals surface area contributed by atoms with Crippen molar-refractivity contribution in [1.82, 2.24) is 4.57 Å². The largest absolute Gasteiger partial charge is 0.493 e. The number of nitrogens with zero attached hydrogens (tertiary/aromatic N) is 1. The topological polar surface area (TPSA) is 90.9 Å². The van der Waals surface area contributed by atoms with Crippen LogP contribution in [0.15, 0.2) is 50.1 Å². The van der Waals surface area contributed by atoms with Gasteiger partial charge in [-0.2, -0.15) is 0 Å². The Kier molecular flexibility index (Phi) is 6.03. The van der Waals surface area contributed by atoms with Gasteiger partial charge in [0, 0.05) is 4.47 Å². The Bertz CT molecular complexity index is 1040. The number of benzene rings is 2. The van der Waals surface area contributed by atoms with Gasteiger partial charge >= 0.3 is 5.76 Å². The molecule has 27 heavy (non-hydrogen) atoms. The molecule has 0 bridgehead atoms. The Balaban J connectivity index is 2.19. The average Bonchev–Trinajstić information content (AvgIpc) is 2.94. The van der Waals surface area contributed by atoms with Crippen LogP contribution in [0.25, 0.3) is 11.1 Å². The highest BCUT2D eigenvalue weighted by Crippen LogP contribution is 2.33. The van der Waals surface area contributed by atoms with E-state index in [0.717, 1.165) is 4.47 Å². The molecule has 1 N–H and O–H groups in total. The van der Waals surface area contributed by atoms with E-state index in [4.69, 9.17) is 13.9 Å². The molecule has 0 saturated carbocycles. The molecule has 1 unspecified atom stereocenters. The number of methoxy groups -OCH3 is 1. The highest BCUT2D eigenvalue weighted by atomic mass is 79.9. The lowest BCUT2D eigenvalue weighted by Crippen LogP contribution is -2.26. The first-order valence-corrected chi connectivity index (χ1v) is 10.2. The minimum Gasteiger partial charge on any atom is -0.493 e. The van der Waals surface area contributed by atoms with Crippen LogP contribution in [0.2, 0.25) is 0 Å². The third-order valence-corrected chi connectivity index (χ3v) is 5.15. The summed E-state index contributed by atoms with van der Waals surface area (Å²) in [6, 6.07) is 9.63. The maximum Gasteiger partial charge on any atom is 0.420 e. The Hall–Kier alpha value is -2.10. The predicted octanol–water partition coefficient (Wildman–Crippen LogP) is 3.58. The van der Waals surface area contributed by atoms with E-state index in [1.807, 2.05) is 6.92 Å². The molecule has 0 aliphatic carbocycles. The minimum atomic E-state index is -2.14. The van der Waals surface area contributed by atoms with E-state index in [-0.39, 0.29) is 5.75 Å². The zero-order chi connectivity index (χ0) is 19.6. The molecule has 144 valence electrons. The number of rotatable bonds is 7. The van der Waals surface area contributed by atoms with Crippen molar-refractivity contribution in [3.63, 3.8) is 0 Å². The summed E-state index contributed by atoms with van der Waals surface area (Å²) in [4.78, 5) is 12.5. The molecule has 0 radical (unpaired) electrons. The summed E-state index contributed by atoms with van der Waals surface area (Å²) in [7, 11) is 1.53. The highest BCUT2D eigenvalue weighted by molar-refractivity contribution is 9.10. The number of oxazole rings is 1. The highest BCUT2D eigenvalue weighted by Gasteiger charge is 2.24. The van der Waals surface area contributed by atoms with E-state index in [0.29, 0.717) is 34.8 Å². The van der Waals surface area contributed by atoms with E-state index in [1.165, 1.54) is 11.7 Å². The number of fused-ring (bicyclic) bond motifs is 1. The van der Waals surface area contributed by atoms with E-state index < -0.39 is 22.9 Å². The molecule has 3 rings (SSSR count). The monoisotopic (exact) mass is 455 g/mol. The smallest absolute Gasteiger partial charge is 0.420 e. The molecular weight excluding hydrogens is 438 g/mol. The molecule has 0 amide bonds. The Morgan fingerprint density at radius 1 is 1.26 bits per heavy atom. The van der Waals surface area contributed by atoms with Crippen molar-refractivity contribution in [2.45, 2.75) is 13.0 Å². The number of ether oxygens (including phenoxy) is 2. The third kappa shape index (κ3) is 4.10. The summed E-state index contributed by atoms with van der Waals surface area (Å²) in [6.45, 7) is 2.28. The van der Waals surface area contributed by atoms with Crippen LogP contribution >= 0.6 is 15.9 Å². The van der Waals surface area contributed by atoms with Crippen molar-refractivity contribution < 1.29 is 22.7 Å². The fourth-order valence-electron chi connectivity index (χ4n) is 2.93. The second kappa shape index (κ2) is 8.28. The van der Waals surface area contributed by atoms with E-state index in [1.54, 1.807) is 36.4 Å². The zero-order valence-corrected chi connectivity index (χ0v) is 17.1. The van der Waals surface area contributed by atoms with E-state index >= 15 is 0 Å². The summed E-state index contributed by atoms with van der Waals surface area (Å²) in [5.74, 6) is 0.252. The van der Waals surface area contributed by atoms with Crippen molar-refractivity contribution in [1.29, 1.82) is 0 Å². The van der Waals surface area contributed by atoms with Gasteiger partial charge in [-0.05, 0) is 42.8 Å². The molecule has 0 spiro atoms. The van der Waals surface area contributed by atoms with Gasteiger partial charge in [-0.1, -0.05) is 22.0 Å². The van der Waals surface area contributed by atoms with Crippen LogP contribution in [0.4, 0.5) is 0 Å². The van der Waals surface area contributed by atoms with Crippen LogP contribution in [0.5, 0.6) is 11.5 Å². The first kappa shape index (κ1) is 19.7. The van der Waals surface area contributed by atoms with Gasteiger partial charge in [0.1, 0.15) is 0 Å². The molecule has 0 aliphatic heterocycles. The Morgan fingerprint density at radius 2 is 2.04 bits per heavy atom. The van der Waals surface area contributed by atoms with Crippen molar-refractivity contribution in [3.05, 3.63) is 57.0 Å². The van der Waals surface area contributed by atoms with Crippen molar-refractivity contribution in [3.8, 4) is 11.5 Å². The minimum absolute atomic E-state index is 0.178. The van der Waals surface area contributed by atoms with E-state index in [9.17, 15) is 13.6 Å². The van der Waals surface area contributed by atoms with Gasteiger partial charge in [0.25, 0.3) is 0 Å². The molecule has 0 fully saturated rings. The molecule has 0 aliphatic rings. The summed E-state index contributed by atoms with van der Waals surface area (Å²) in [5.41, 5.74) is 1.56. The molecule has 2 aromatic carbocycles. The quantitative estimate of drug-likeness (QED) is 0.547. The lowest BCUT2D eigenvalue weighted by Gasteiger charge is -2.19. The number of hydrogen-bond donors (Lipinski definition) is 1. The van der Waals surface area contributed by atoms with Gasteiger partial charge in [-0.25, -0.2) is 9.00 Å². The second-order valence-corrected chi connectivity index (χ2v) is 7.59. The fraction of sp³-hybridized carbons (Fsp3) is 0.278. The summed E-state index contributed by atoms with van der Waals surface area (Å²) < 4.78 is 39.5. The SMILES string of the molecule is CCOc1cc([C@H](CS(=O)O)n2c(=O)oc3cc(Br)ccc32)ccc1OC. The first-order chi connectivity index (χ1) is 12.9. The van der Waals surface area contributed by atoms with Crippen molar-refractivity contribution in [2.24, 2.45) is 0 Å². The zero-order valence-electron chi connectivity index (χ0n) is 14.7. The van der Waals surface area contributed by atoms with Crippen LogP contribution in [0, 0.1) is 0 Å². The van der Waals surface area contributed by atoms with Crippen LogP contribution in [0.1, 0.15) is 18.5 Å². The fourth-order valence-corrected chi connectivity index (χ4v) is 3.88. The van der Waals surface area contributed by atoms with E-state index in [2.05, 4.69) is 15.9 Å². The molecule has 1 aromatic heterocycles. The van der Waals surface area contributed by atoms with Crippen LogP contribution in [-0.4, -0.2) is 32.8 Å². The standard InChI is InChI=1S/C18H18BrNO6S/c1-3-25-17-8-11(4-7-15(17)24-2)14(10-27(22)23)20-13-6-5-12(19)9-16(13)26-18(20)21/h4-9,14H,3,10H2,1-2H3,(H,22,23)/t14-/m0/s1. The lowest BCUT2D eigenvalue weighted by atomic mass is 10.1. The molecule has 2 atom stereocenters. The first-order valence-electron chi connectivity index (χ1n) is 8.13. The van der Waals surface area contributed by atoms with Crippen molar-refractivity contribution >= 4 is 38.1 Å². The average molecular weight is 456 g/mol. The van der Waals surface area contributed by atoms with Gasteiger partial charge in [0.05, 0.1) is 31.0 Å². The molecule has 7 nitrogen and oxygen atoms in total. The third-order valence-electron chi connectivity index (χ3n) is 4.06. The summed E-state index contributed by atoms with van der Waals surface area (Å²) >= 11 is 1.20. The lowest BCUT2D eigenvalue weighted by molar-refractivity contribution is 0.310. The van der Waals surface area contributed by atoms with Crippen LogP contribution in [-0.2, 0) is 11.1 Å². The second-order valence-electron chi connectivity index (χ2n) is 5.70. The van der Waals surface area contributed by atoms with Gasteiger partial charge in [0.15, 0.2) is 28.2 Å². The normalized spacial score (nSPS) is 13.5. The summed E-state index contributed by atoms with van der Waals surface area (Å²) in [5, 5.41) is 0. The molecule has 9 heteroatoms. The Morgan fingerprint density at radius 3 is 2.70 bits per heavy atom. The van der Waals surface area contributed by atoms with Gasteiger partial charge in [0.2, 0.25) is 0 Å². The van der Waals surface area contributed by atoms with Crippen LogP contribution < -0.4 is 15.2 Å². The number of hydrogen-bond acceptors (Lipinski definition) is 5.